The van der Waals surface area contributed by atoms with Crippen molar-refractivity contribution in [2.24, 2.45) is 5.41 Å². The zero-order chi connectivity index (χ0) is 12.8. The lowest BCUT2D eigenvalue weighted by molar-refractivity contribution is 0.0710. The van der Waals surface area contributed by atoms with E-state index in [1.807, 2.05) is 6.92 Å². The summed E-state index contributed by atoms with van der Waals surface area (Å²) in [7, 11) is -3.99. The zero-order valence-electron chi connectivity index (χ0n) is 9.59. The predicted molar refractivity (Wildman–Crippen MR) is 65.2 cm³/mol. The van der Waals surface area contributed by atoms with Crippen LogP contribution in [-0.4, -0.2) is 53.2 Å². The lowest BCUT2D eigenvalue weighted by Gasteiger charge is -2.28. The van der Waals surface area contributed by atoms with Crippen molar-refractivity contribution in [1.29, 1.82) is 0 Å². The molecule has 0 aliphatic carbocycles. The highest BCUT2D eigenvalue weighted by Crippen LogP contribution is 2.26. The van der Waals surface area contributed by atoms with Gasteiger partial charge in [-0.3, -0.25) is 4.55 Å². The third-order valence-corrected chi connectivity index (χ3v) is 5.64. The Labute approximate surface area is 101 Å². The van der Waals surface area contributed by atoms with Gasteiger partial charge in [-0.15, -0.1) is 0 Å². The summed E-state index contributed by atoms with van der Waals surface area (Å²) >= 11 is 1.31. The number of thioether (sulfide) groups is 1. The molecule has 0 aromatic carbocycles. The Kier molecular flexibility index (Phi) is 6.88. The first-order chi connectivity index (χ1) is 7.31. The van der Waals surface area contributed by atoms with Crippen LogP contribution in [0, 0.1) is 5.41 Å². The molecule has 5 nitrogen and oxygen atoms in total. The summed E-state index contributed by atoms with van der Waals surface area (Å²) in [6.07, 6.45) is 0.618. The van der Waals surface area contributed by atoms with Gasteiger partial charge in [-0.25, -0.2) is 0 Å². The first-order valence-electron chi connectivity index (χ1n) is 5.07. The van der Waals surface area contributed by atoms with E-state index in [0.717, 1.165) is 0 Å². The number of aliphatic hydroxyl groups is 2. The van der Waals surface area contributed by atoms with Crippen molar-refractivity contribution in [2.45, 2.75) is 25.5 Å². The molecule has 0 spiro atoms. The quantitative estimate of drug-likeness (QED) is 0.553. The summed E-state index contributed by atoms with van der Waals surface area (Å²) < 4.78 is 30.2. The van der Waals surface area contributed by atoms with E-state index in [0.29, 0.717) is 12.2 Å². The van der Waals surface area contributed by atoms with Gasteiger partial charge in [0.05, 0.1) is 18.5 Å². The third-order valence-electron chi connectivity index (χ3n) is 2.69. The Hall–Kier alpha value is 0.180. The normalized spacial score (nSPS) is 15.1. The van der Waals surface area contributed by atoms with Crippen LogP contribution in [0.5, 0.6) is 0 Å². The van der Waals surface area contributed by atoms with Crippen molar-refractivity contribution in [3.63, 3.8) is 0 Å². The van der Waals surface area contributed by atoms with E-state index in [9.17, 15) is 8.42 Å². The first kappa shape index (κ1) is 16.2. The molecule has 1 unspecified atom stereocenters. The monoisotopic (exact) mass is 272 g/mol. The zero-order valence-corrected chi connectivity index (χ0v) is 11.2. The minimum atomic E-state index is -3.99. The Morgan fingerprint density at radius 3 is 2.12 bits per heavy atom. The van der Waals surface area contributed by atoms with Crippen molar-refractivity contribution in [1.82, 2.24) is 0 Å². The van der Waals surface area contributed by atoms with Gasteiger partial charge in [0.2, 0.25) is 0 Å². The highest BCUT2D eigenvalue weighted by Gasteiger charge is 2.27. The molecule has 0 amide bonds. The molecule has 98 valence electrons. The van der Waals surface area contributed by atoms with Gasteiger partial charge in [-0.2, -0.15) is 20.2 Å². The van der Waals surface area contributed by atoms with E-state index >= 15 is 0 Å². The first-order valence-corrected chi connectivity index (χ1v) is 7.73. The third kappa shape index (κ3) is 5.01. The highest BCUT2D eigenvalue weighted by molar-refractivity contribution is 8.00. The Morgan fingerprint density at radius 2 is 1.81 bits per heavy atom. The molecular weight excluding hydrogens is 252 g/mol. The fourth-order valence-corrected chi connectivity index (χ4v) is 3.24. The number of rotatable bonds is 8. The molecule has 0 aliphatic rings. The van der Waals surface area contributed by atoms with Crippen LogP contribution in [0.3, 0.4) is 0 Å². The summed E-state index contributed by atoms with van der Waals surface area (Å²) in [6.45, 7) is 3.02. The number of hydrogen-bond donors (Lipinski definition) is 3. The summed E-state index contributed by atoms with van der Waals surface area (Å²) in [4.78, 5) is 0. The number of aliphatic hydroxyl groups excluding tert-OH is 2. The highest BCUT2D eigenvalue weighted by atomic mass is 32.2. The maximum atomic E-state index is 10.7. The minimum absolute atomic E-state index is 0.132. The lowest BCUT2D eigenvalue weighted by Crippen LogP contribution is -2.32. The number of hydrogen-bond acceptors (Lipinski definition) is 5. The molecule has 16 heavy (non-hydrogen) atoms. The fraction of sp³-hybridized carbons (Fsp3) is 1.00. The summed E-state index contributed by atoms with van der Waals surface area (Å²) in [5.74, 6) is 0.719. The van der Waals surface area contributed by atoms with E-state index < -0.39 is 20.8 Å². The van der Waals surface area contributed by atoms with Gasteiger partial charge in [-0.05, 0) is 13.3 Å². The van der Waals surface area contributed by atoms with Crippen LogP contribution in [0.2, 0.25) is 0 Å². The topological polar surface area (TPSA) is 94.8 Å². The van der Waals surface area contributed by atoms with Crippen LogP contribution in [0.25, 0.3) is 0 Å². The van der Waals surface area contributed by atoms with Crippen LogP contribution < -0.4 is 0 Å². The average Bonchev–Trinajstić information content (AvgIpc) is 2.23. The molecule has 0 heterocycles. The molecule has 0 rings (SSSR count). The van der Waals surface area contributed by atoms with Crippen molar-refractivity contribution in [3.05, 3.63) is 0 Å². The summed E-state index contributed by atoms with van der Waals surface area (Å²) in [5, 5.41) is 17.5. The molecule has 0 bridgehead atoms. The van der Waals surface area contributed by atoms with E-state index in [2.05, 4.69) is 0 Å². The summed E-state index contributed by atoms with van der Waals surface area (Å²) in [6, 6.07) is 0. The standard InChI is InChI=1S/C9H20O5S2/c1-3-9(5-10,6-11)7-15-4-8(2)16(12,13)14/h8,10-11H,3-7H2,1-2H3,(H,12,13,14). The molecule has 0 aromatic rings. The van der Waals surface area contributed by atoms with Crippen LogP contribution in [0.4, 0.5) is 0 Å². The van der Waals surface area contributed by atoms with Gasteiger partial charge in [0.25, 0.3) is 10.1 Å². The molecule has 0 saturated carbocycles. The molecule has 0 aromatic heterocycles. The SMILES string of the molecule is CCC(CO)(CO)CSCC(C)S(=O)(=O)O. The van der Waals surface area contributed by atoms with Gasteiger partial charge in [-0.1, -0.05) is 6.92 Å². The van der Waals surface area contributed by atoms with Crippen molar-refractivity contribution < 1.29 is 23.2 Å². The molecule has 0 radical (unpaired) electrons. The Bertz CT molecular complexity index is 276. The van der Waals surface area contributed by atoms with E-state index in [-0.39, 0.29) is 19.0 Å². The second kappa shape index (κ2) is 6.80. The van der Waals surface area contributed by atoms with Gasteiger partial charge >= 0.3 is 0 Å². The van der Waals surface area contributed by atoms with Gasteiger partial charge < -0.3 is 10.2 Å². The van der Waals surface area contributed by atoms with E-state index in [1.165, 1.54) is 18.7 Å². The van der Waals surface area contributed by atoms with Crippen molar-refractivity contribution in [2.75, 3.05) is 24.7 Å². The van der Waals surface area contributed by atoms with Crippen LogP contribution in [0.15, 0.2) is 0 Å². The van der Waals surface area contributed by atoms with Gasteiger partial charge in [0.15, 0.2) is 0 Å². The molecule has 0 saturated heterocycles. The molecule has 3 N–H and O–H groups in total. The van der Waals surface area contributed by atoms with Gasteiger partial charge in [0.1, 0.15) is 0 Å². The van der Waals surface area contributed by atoms with E-state index in [4.69, 9.17) is 14.8 Å². The molecule has 7 heteroatoms. The lowest BCUT2D eigenvalue weighted by atomic mass is 9.90. The maximum Gasteiger partial charge on any atom is 0.268 e. The van der Waals surface area contributed by atoms with Crippen molar-refractivity contribution >= 4 is 21.9 Å². The maximum absolute atomic E-state index is 10.7. The Morgan fingerprint density at radius 1 is 1.31 bits per heavy atom. The Balaban J connectivity index is 4.15. The predicted octanol–water partition coefficient (Wildman–Crippen LogP) is 0.377. The van der Waals surface area contributed by atoms with Crippen LogP contribution >= 0.6 is 11.8 Å². The molecular formula is C9H20O5S2. The van der Waals surface area contributed by atoms with E-state index in [1.54, 1.807) is 0 Å². The fourth-order valence-electron chi connectivity index (χ4n) is 0.994. The largest absolute Gasteiger partial charge is 0.396 e. The second-order valence-corrected chi connectivity index (χ2v) is 6.88. The average molecular weight is 272 g/mol. The van der Waals surface area contributed by atoms with Crippen molar-refractivity contribution in [3.8, 4) is 0 Å². The van der Waals surface area contributed by atoms with Crippen LogP contribution in [0.1, 0.15) is 20.3 Å². The molecule has 0 aliphatic heterocycles. The smallest absolute Gasteiger partial charge is 0.268 e. The minimum Gasteiger partial charge on any atom is -0.396 e. The van der Waals surface area contributed by atoms with Gasteiger partial charge in [0, 0.05) is 16.9 Å². The molecule has 1 atom stereocenters. The molecule has 0 fully saturated rings. The van der Waals surface area contributed by atoms with Crippen LogP contribution in [-0.2, 0) is 10.1 Å². The second-order valence-electron chi connectivity index (χ2n) is 4.01. The summed E-state index contributed by atoms with van der Waals surface area (Å²) in [5.41, 5.74) is -0.566.